The Morgan fingerprint density at radius 3 is 2.71 bits per heavy atom. The number of aromatic carboxylic acids is 1. The van der Waals surface area contributed by atoms with Gasteiger partial charge in [-0.25, -0.2) is 14.6 Å². The van der Waals surface area contributed by atoms with Crippen LogP contribution in [0.4, 0.5) is 9.80 Å². The Hall–Kier alpha value is -2.35. The molecule has 21 heavy (non-hydrogen) atoms. The quantitative estimate of drug-likeness (QED) is 0.806. The zero-order valence-corrected chi connectivity index (χ0v) is 12.7. The molecule has 7 nitrogen and oxygen atoms in total. The molecule has 2 aromatic heterocycles. The second-order valence-corrected chi connectivity index (χ2v) is 5.78. The fraction of sp³-hybridized carbons (Fsp3) is 0.308. The number of hydrogen-bond acceptors (Lipinski definition) is 4. The maximum Gasteiger partial charge on any atom is 0.338 e. The van der Waals surface area contributed by atoms with Gasteiger partial charge in [0.05, 0.1) is 12.1 Å². The van der Waals surface area contributed by atoms with Gasteiger partial charge in [0.2, 0.25) is 0 Å². The summed E-state index contributed by atoms with van der Waals surface area (Å²) in [4.78, 5) is 28.1. The number of thiophene rings is 1. The van der Waals surface area contributed by atoms with Crippen LogP contribution in [0.5, 0.6) is 0 Å². The smallest absolute Gasteiger partial charge is 0.338 e. The maximum absolute atomic E-state index is 11.9. The Balaban J connectivity index is 2.05. The lowest BCUT2D eigenvalue weighted by molar-refractivity contribution is 0.0697. The van der Waals surface area contributed by atoms with Crippen molar-refractivity contribution < 1.29 is 14.7 Å². The molecule has 0 atom stereocenters. The van der Waals surface area contributed by atoms with Crippen LogP contribution in [0.2, 0.25) is 0 Å². The number of nitrogens with one attached hydrogen (secondary N) is 2. The number of aryl methyl sites for hydroxylation is 2. The van der Waals surface area contributed by atoms with Crippen molar-refractivity contribution in [1.82, 2.24) is 14.9 Å². The summed E-state index contributed by atoms with van der Waals surface area (Å²) in [6.45, 7) is 3.82. The van der Waals surface area contributed by atoms with Gasteiger partial charge in [0.1, 0.15) is 10.8 Å². The number of anilines is 1. The Bertz CT molecular complexity index is 690. The Labute approximate surface area is 125 Å². The largest absolute Gasteiger partial charge is 0.478 e. The summed E-state index contributed by atoms with van der Waals surface area (Å²) in [7, 11) is 1.83. The van der Waals surface area contributed by atoms with E-state index in [2.05, 4.69) is 15.6 Å². The molecule has 0 fully saturated rings. The summed E-state index contributed by atoms with van der Waals surface area (Å²) in [5.41, 5.74) is 0.816. The first-order valence-corrected chi connectivity index (χ1v) is 7.06. The van der Waals surface area contributed by atoms with Gasteiger partial charge in [-0.2, -0.15) is 0 Å². The average molecular weight is 308 g/mol. The van der Waals surface area contributed by atoms with Crippen molar-refractivity contribution in [1.29, 1.82) is 0 Å². The van der Waals surface area contributed by atoms with Crippen LogP contribution in [0, 0.1) is 13.8 Å². The van der Waals surface area contributed by atoms with Crippen LogP contribution < -0.4 is 10.6 Å². The van der Waals surface area contributed by atoms with Crippen molar-refractivity contribution in [2.24, 2.45) is 7.05 Å². The zero-order valence-electron chi connectivity index (χ0n) is 11.9. The lowest BCUT2D eigenvalue weighted by atomic mass is 10.1. The number of hydrogen-bond donors (Lipinski definition) is 3. The van der Waals surface area contributed by atoms with Crippen molar-refractivity contribution in [2.75, 3.05) is 5.32 Å². The normalized spacial score (nSPS) is 10.4. The molecular weight excluding hydrogens is 292 g/mol. The molecule has 0 aliphatic carbocycles. The van der Waals surface area contributed by atoms with Crippen LogP contribution in [-0.2, 0) is 13.6 Å². The van der Waals surface area contributed by atoms with Crippen LogP contribution in [0.3, 0.4) is 0 Å². The highest BCUT2D eigenvalue weighted by Crippen LogP contribution is 2.32. The monoisotopic (exact) mass is 308 g/mol. The van der Waals surface area contributed by atoms with E-state index in [1.165, 1.54) is 11.3 Å². The molecule has 0 aromatic carbocycles. The fourth-order valence-electron chi connectivity index (χ4n) is 1.85. The minimum Gasteiger partial charge on any atom is -0.478 e. The summed E-state index contributed by atoms with van der Waals surface area (Å²) >= 11 is 1.25. The standard InChI is InChI=1S/C13H16N4O3S/c1-7-8(2)21-11(10(7)12(18)19)16-13(20)15-6-9-14-4-5-17(9)3/h4-5H,6H2,1-3H3,(H,18,19)(H2,15,16,20). The number of imidazole rings is 1. The summed E-state index contributed by atoms with van der Waals surface area (Å²) < 4.78 is 1.79. The average Bonchev–Trinajstić information content (AvgIpc) is 2.92. The molecule has 0 radical (unpaired) electrons. The van der Waals surface area contributed by atoms with Gasteiger partial charge >= 0.3 is 12.0 Å². The Kier molecular flexibility index (Phi) is 4.27. The Morgan fingerprint density at radius 1 is 1.43 bits per heavy atom. The van der Waals surface area contributed by atoms with Crippen molar-refractivity contribution in [3.63, 3.8) is 0 Å². The summed E-state index contributed by atoms with van der Waals surface area (Å²) in [6.07, 6.45) is 3.42. The molecule has 2 heterocycles. The molecule has 0 saturated heterocycles. The van der Waals surface area contributed by atoms with Crippen LogP contribution in [0.1, 0.15) is 26.6 Å². The van der Waals surface area contributed by atoms with E-state index in [4.69, 9.17) is 0 Å². The van der Waals surface area contributed by atoms with Gasteiger partial charge < -0.3 is 15.0 Å². The second kappa shape index (κ2) is 5.96. The molecule has 2 aromatic rings. The Morgan fingerprint density at radius 2 is 2.14 bits per heavy atom. The van der Waals surface area contributed by atoms with E-state index in [0.29, 0.717) is 16.4 Å². The predicted molar refractivity (Wildman–Crippen MR) is 79.8 cm³/mol. The van der Waals surface area contributed by atoms with Gasteiger partial charge in [0.15, 0.2) is 0 Å². The fourth-order valence-corrected chi connectivity index (χ4v) is 2.89. The number of carboxylic acids is 1. The molecule has 112 valence electrons. The molecule has 3 N–H and O–H groups in total. The number of carbonyl (C=O) groups excluding carboxylic acids is 1. The lowest BCUT2D eigenvalue weighted by Crippen LogP contribution is -2.29. The first kappa shape index (κ1) is 15.0. The van der Waals surface area contributed by atoms with Crippen molar-refractivity contribution in [3.8, 4) is 0 Å². The zero-order chi connectivity index (χ0) is 15.6. The number of urea groups is 1. The summed E-state index contributed by atoms with van der Waals surface area (Å²) in [5, 5.41) is 14.8. The summed E-state index contributed by atoms with van der Waals surface area (Å²) in [6, 6.07) is -0.457. The minimum atomic E-state index is -1.05. The van der Waals surface area contributed by atoms with E-state index in [-0.39, 0.29) is 12.1 Å². The molecule has 0 unspecified atom stereocenters. The second-order valence-electron chi connectivity index (χ2n) is 4.55. The third-order valence-corrected chi connectivity index (χ3v) is 4.28. The number of aromatic nitrogens is 2. The number of amides is 2. The molecule has 0 aliphatic rings. The van der Waals surface area contributed by atoms with Crippen molar-refractivity contribution in [3.05, 3.63) is 34.2 Å². The topological polar surface area (TPSA) is 96.3 Å². The first-order chi connectivity index (χ1) is 9.90. The first-order valence-electron chi connectivity index (χ1n) is 6.24. The molecule has 0 spiro atoms. The van der Waals surface area contributed by atoms with Gasteiger partial charge in [-0.1, -0.05) is 0 Å². The number of rotatable bonds is 4. The molecule has 0 aliphatic heterocycles. The SMILES string of the molecule is Cc1sc(NC(=O)NCc2nccn2C)c(C(=O)O)c1C. The van der Waals surface area contributed by atoms with Crippen LogP contribution in [-0.4, -0.2) is 26.7 Å². The van der Waals surface area contributed by atoms with Crippen LogP contribution >= 0.6 is 11.3 Å². The molecule has 2 rings (SSSR count). The maximum atomic E-state index is 11.9. The lowest BCUT2D eigenvalue weighted by Gasteiger charge is -2.07. The molecule has 0 bridgehead atoms. The third kappa shape index (κ3) is 3.22. The van der Waals surface area contributed by atoms with E-state index < -0.39 is 12.0 Å². The molecule has 8 heteroatoms. The highest BCUT2D eigenvalue weighted by Gasteiger charge is 2.20. The number of carboxylic acid groups (broad SMARTS) is 1. The molecule has 2 amide bonds. The molecular formula is C13H16N4O3S. The van der Waals surface area contributed by atoms with E-state index in [1.54, 1.807) is 23.9 Å². The molecule has 0 saturated carbocycles. The van der Waals surface area contributed by atoms with E-state index in [0.717, 1.165) is 4.88 Å². The highest BCUT2D eigenvalue weighted by molar-refractivity contribution is 7.16. The summed E-state index contributed by atoms with van der Waals surface area (Å²) in [5.74, 6) is -0.335. The number of carbonyl (C=O) groups is 2. The van der Waals surface area contributed by atoms with Gasteiger partial charge in [-0.05, 0) is 19.4 Å². The van der Waals surface area contributed by atoms with Gasteiger partial charge in [0.25, 0.3) is 0 Å². The van der Waals surface area contributed by atoms with Crippen molar-refractivity contribution in [2.45, 2.75) is 20.4 Å². The van der Waals surface area contributed by atoms with Gasteiger partial charge in [0, 0.05) is 24.3 Å². The van der Waals surface area contributed by atoms with E-state index in [9.17, 15) is 14.7 Å². The third-order valence-electron chi connectivity index (χ3n) is 3.15. The predicted octanol–water partition coefficient (Wildman–Crippen LogP) is 2.12. The highest BCUT2D eigenvalue weighted by atomic mass is 32.1. The van der Waals surface area contributed by atoms with Crippen LogP contribution in [0.15, 0.2) is 12.4 Å². The minimum absolute atomic E-state index is 0.143. The van der Waals surface area contributed by atoms with Gasteiger partial charge in [-0.15, -0.1) is 11.3 Å². The number of nitrogens with zero attached hydrogens (tertiary/aromatic N) is 2. The van der Waals surface area contributed by atoms with Crippen molar-refractivity contribution >= 4 is 28.3 Å². The van der Waals surface area contributed by atoms with E-state index in [1.807, 2.05) is 14.0 Å². The van der Waals surface area contributed by atoms with Gasteiger partial charge in [-0.3, -0.25) is 5.32 Å². The van der Waals surface area contributed by atoms with E-state index >= 15 is 0 Å². The van der Waals surface area contributed by atoms with Crippen LogP contribution in [0.25, 0.3) is 0 Å².